The van der Waals surface area contributed by atoms with Crippen LogP contribution >= 0.6 is 0 Å². The second-order valence-corrected chi connectivity index (χ2v) is 6.00. The molecular formula is C17H25NO3. The van der Waals surface area contributed by atoms with Crippen molar-refractivity contribution in [1.29, 1.82) is 0 Å². The van der Waals surface area contributed by atoms with Gasteiger partial charge in [-0.25, -0.2) is 0 Å². The summed E-state index contributed by atoms with van der Waals surface area (Å²) in [5, 5.41) is 9.15. The number of carboxylic acid groups (broad SMARTS) is 1. The molecule has 0 aromatic heterocycles. The fraction of sp³-hybridized carbons (Fsp3) is 0.588. The lowest BCUT2D eigenvalue weighted by molar-refractivity contribution is -0.138. The average molecular weight is 291 g/mol. The van der Waals surface area contributed by atoms with E-state index in [-0.39, 0.29) is 12.5 Å². The highest BCUT2D eigenvalue weighted by Crippen LogP contribution is 2.18. The van der Waals surface area contributed by atoms with Crippen LogP contribution in [0.5, 0.6) is 0 Å². The van der Waals surface area contributed by atoms with E-state index < -0.39 is 5.97 Å². The summed E-state index contributed by atoms with van der Waals surface area (Å²) in [6.07, 6.45) is 0.969. The molecule has 1 aromatic rings. The molecule has 0 amide bonds. The molecule has 0 radical (unpaired) electrons. The van der Waals surface area contributed by atoms with Gasteiger partial charge in [-0.05, 0) is 23.5 Å². The van der Waals surface area contributed by atoms with Gasteiger partial charge in [-0.15, -0.1) is 0 Å². The molecule has 21 heavy (non-hydrogen) atoms. The first-order chi connectivity index (χ1) is 10.1. The fourth-order valence-corrected chi connectivity index (χ4v) is 2.79. The van der Waals surface area contributed by atoms with Crippen molar-refractivity contribution in [2.75, 3.05) is 26.3 Å². The Hall–Kier alpha value is -1.39. The van der Waals surface area contributed by atoms with Crippen LogP contribution in [-0.4, -0.2) is 48.3 Å². The van der Waals surface area contributed by atoms with E-state index in [1.807, 2.05) is 0 Å². The number of benzene rings is 1. The van der Waals surface area contributed by atoms with Crippen molar-refractivity contribution >= 4 is 5.97 Å². The molecule has 1 saturated heterocycles. The molecule has 1 aliphatic rings. The molecule has 0 bridgehead atoms. The summed E-state index contributed by atoms with van der Waals surface area (Å²) in [5.41, 5.74) is 2.53. The molecule has 1 heterocycles. The van der Waals surface area contributed by atoms with Crippen molar-refractivity contribution in [3.63, 3.8) is 0 Å². The van der Waals surface area contributed by atoms with Crippen LogP contribution in [0.1, 0.15) is 37.3 Å². The number of carboxylic acids is 1. The number of nitrogens with zero attached hydrogens (tertiary/aromatic N) is 1. The van der Waals surface area contributed by atoms with Gasteiger partial charge in [0.1, 0.15) is 0 Å². The third kappa shape index (κ3) is 4.83. The lowest BCUT2D eigenvalue weighted by atomic mass is 9.97. The Morgan fingerprint density at radius 3 is 2.38 bits per heavy atom. The molecule has 4 heteroatoms. The normalized spacial score (nSPS) is 17.9. The first kappa shape index (κ1) is 16.0. The van der Waals surface area contributed by atoms with Crippen molar-refractivity contribution in [2.24, 2.45) is 0 Å². The van der Waals surface area contributed by atoms with Crippen LogP contribution in [0.15, 0.2) is 24.3 Å². The summed E-state index contributed by atoms with van der Waals surface area (Å²) in [5.74, 6) is -0.210. The quantitative estimate of drug-likeness (QED) is 0.875. The summed E-state index contributed by atoms with van der Waals surface area (Å²) in [7, 11) is 0. The minimum atomic E-state index is -0.731. The summed E-state index contributed by atoms with van der Waals surface area (Å²) in [6, 6.07) is 8.61. The van der Waals surface area contributed by atoms with Crippen molar-refractivity contribution in [1.82, 2.24) is 4.90 Å². The van der Waals surface area contributed by atoms with Crippen LogP contribution in [0.3, 0.4) is 0 Å². The van der Waals surface area contributed by atoms with Gasteiger partial charge in [-0.2, -0.15) is 0 Å². The lowest BCUT2D eigenvalue weighted by Gasteiger charge is -2.33. The van der Waals surface area contributed by atoms with E-state index in [1.165, 1.54) is 11.1 Å². The predicted octanol–water partition coefficient (Wildman–Crippen LogP) is 2.53. The molecule has 4 nitrogen and oxygen atoms in total. The van der Waals surface area contributed by atoms with E-state index >= 15 is 0 Å². The van der Waals surface area contributed by atoms with Crippen molar-refractivity contribution in [2.45, 2.75) is 38.6 Å². The molecule has 1 fully saturated rings. The van der Waals surface area contributed by atoms with E-state index in [1.54, 1.807) is 0 Å². The van der Waals surface area contributed by atoms with E-state index in [0.717, 1.165) is 19.5 Å². The van der Waals surface area contributed by atoms with Crippen LogP contribution in [0.4, 0.5) is 0 Å². The van der Waals surface area contributed by atoms with Gasteiger partial charge in [0.2, 0.25) is 0 Å². The third-order valence-electron chi connectivity index (χ3n) is 4.09. The summed E-state index contributed by atoms with van der Waals surface area (Å²) >= 11 is 0. The summed E-state index contributed by atoms with van der Waals surface area (Å²) in [6.45, 7) is 7.39. The van der Waals surface area contributed by atoms with Gasteiger partial charge in [0, 0.05) is 19.1 Å². The third-order valence-corrected chi connectivity index (χ3v) is 4.09. The maximum absolute atomic E-state index is 11.1. The number of aliphatic carboxylic acids is 1. The zero-order chi connectivity index (χ0) is 15.2. The lowest BCUT2D eigenvalue weighted by Crippen LogP contribution is -2.45. The number of hydrogen-bond acceptors (Lipinski definition) is 3. The molecule has 1 aliphatic heterocycles. The minimum absolute atomic E-state index is 0.0521. The standard InChI is InChI=1S/C17H25NO3/c1-13(2)15-5-3-14(4-6-15)11-16(12-17(19)20)18-7-9-21-10-8-18/h3-6,13,16H,7-12H2,1-2H3,(H,19,20). The molecule has 0 aliphatic carbocycles. The molecule has 1 N–H and O–H groups in total. The number of morpholine rings is 1. The van der Waals surface area contributed by atoms with Gasteiger partial charge in [-0.3, -0.25) is 9.69 Å². The van der Waals surface area contributed by atoms with E-state index in [0.29, 0.717) is 19.1 Å². The maximum Gasteiger partial charge on any atom is 0.304 e. The molecule has 1 atom stereocenters. The zero-order valence-electron chi connectivity index (χ0n) is 12.9. The largest absolute Gasteiger partial charge is 0.481 e. The van der Waals surface area contributed by atoms with Crippen LogP contribution in [0.2, 0.25) is 0 Å². The summed E-state index contributed by atoms with van der Waals surface area (Å²) in [4.78, 5) is 13.4. The Morgan fingerprint density at radius 1 is 1.24 bits per heavy atom. The Kier molecular flexibility index (Phi) is 5.76. The van der Waals surface area contributed by atoms with Crippen LogP contribution < -0.4 is 0 Å². The SMILES string of the molecule is CC(C)c1ccc(CC(CC(=O)O)N2CCOCC2)cc1. The first-order valence-electron chi connectivity index (χ1n) is 7.68. The second-order valence-electron chi connectivity index (χ2n) is 6.00. The van der Waals surface area contributed by atoms with Gasteiger partial charge in [0.25, 0.3) is 0 Å². The van der Waals surface area contributed by atoms with Crippen LogP contribution in [0.25, 0.3) is 0 Å². The monoisotopic (exact) mass is 291 g/mol. The zero-order valence-corrected chi connectivity index (χ0v) is 12.9. The molecule has 1 aromatic carbocycles. The second kappa shape index (κ2) is 7.57. The Balaban J connectivity index is 2.04. The Labute approximate surface area is 126 Å². The van der Waals surface area contributed by atoms with E-state index in [9.17, 15) is 4.79 Å². The average Bonchev–Trinajstić information content (AvgIpc) is 2.47. The van der Waals surface area contributed by atoms with Gasteiger partial charge >= 0.3 is 5.97 Å². The molecule has 0 spiro atoms. The number of hydrogen-bond donors (Lipinski definition) is 1. The van der Waals surface area contributed by atoms with E-state index in [4.69, 9.17) is 9.84 Å². The minimum Gasteiger partial charge on any atom is -0.481 e. The molecule has 2 rings (SSSR count). The van der Waals surface area contributed by atoms with E-state index in [2.05, 4.69) is 43.0 Å². The molecule has 1 unspecified atom stereocenters. The molecule has 116 valence electrons. The highest BCUT2D eigenvalue weighted by molar-refractivity contribution is 5.67. The Bertz CT molecular complexity index is 450. The van der Waals surface area contributed by atoms with Crippen LogP contribution in [0, 0.1) is 0 Å². The number of carbonyl (C=O) groups is 1. The highest BCUT2D eigenvalue weighted by atomic mass is 16.5. The highest BCUT2D eigenvalue weighted by Gasteiger charge is 2.23. The summed E-state index contributed by atoms with van der Waals surface area (Å²) < 4.78 is 5.36. The smallest absolute Gasteiger partial charge is 0.304 e. The Morgan fingerprint density at radius 2 is 1.86 bits per heavy atom. The topological polar surface area (TPSA) is 49.8 Å². The van der Waals surface area contributed by atoms with Gasteiger partial charge in [0.15, 0.2) is 0 Å². The molecule has 0 saturated carbocycles. The van der Waals surface area contributed by atoms with Crippen molar-refractivity contribution in [3.05, 3.63) is 35.4 Å². The van der Waals surface area contributed by atoms with Crippen molar-refractivity contribution in [3.8, 4) is 0 Å². The molecular weight excluding hydrogens is 266 g/mol. The van der Waals surface area contributed by atoms with Crippen LogP contribution in [-0.2, 0) is 16.0 Å². The van der Waals surface area contributed by atoms with Gasteiger partial charge < -0.3 is 9.84 Å². The van der Waals surface area contributed by atoms with Gasteiger partial charge in [0.05, 0.1) is 19.6 Å². The predicted molar refractivity (Wildman–Crippen MR) is 82.7 cm³/mol. The maximum atomic E-state index is 11.1. The number of rotatable bonds is 6. The van der Waals surface area contributed by atoms with Crippen molar-refractivity contribution < 1.29 is 14.6 Å². The number of ether oxygens (including phenoxy) is 1. The fourth-order valence-electron chi connectivity index (χ4n) is 2.79. The van der Waals surface area contributed by atoms with Gasteiger partial charge in [-0.1, -0.05) is 38.1 Å². The first-order valence-corrected chi connectivity index (χ1v) is 7.68.